The molecular weight excluding hydrogens is 913 g/mol. The molecule has 0 N–H and O–H groups in total. The molecular formula is C68H108O6. The van der Waals surface area contributed by atoms with E-state index in [-0.39, 0.29) is 37.5 Å². The third-order valence-electron chi connectivity index (χ3n) is 12.1. The van der Waals surface area contributed by atoms with Gasteiger partial charge in [0.05, 0.1) is 0 Å². The van der Waals surface area contributed by atoms with Crippen LogP contribution in [0.4, 0.5) is 0 Å². The van der Waals surface area contributed by atoms with Crippen LogP contribution in [0.15, 0.2) is 146 Å². The van der Waals surface area contributed by atoms with E-state index in [0.717, 1.165) is 173 Å². The fourth-order valence-corrected chi connectivity index (χ4v) is 7.64. The minimum atomic E-state index is -0.809. The molecule has 1 unspecified atom stereocenters. The average molecular weight is 1020 g/mol. The van der Waals surface area contributed by atoms with Crippen LogP contribution in [-0.4, -0.2) is 37.2 Å². The number of rotatable bonds is 52. The van der Waals surface area contributed by atoms with Crippen LogP contribution < -0.4 is 0 Å². The Kier molecular flexibility index (Phi) is 57.0. The summed E-state index contributed by atoms with van der Waals surface area (Å²) >= 11 is 0. The maximum atomic E-state index is 12.9. The van der Waals surface area contributed by atoms with Gasteiger partial charge in [-0.2, -0.15) is 0 Å². The largest absolute Gasteiger partial charge is 0.462 e. The molecule has 0 saturated carbocycles. The number of unbranched alkanes of at least 4 members (excludes halogenated alkanes) is 17. The minimum Gasteiger partial charge on any atom is -0.462 e. The zero-order valence-corrected chi connectivity index (χ0v) is 47.5. The molecule has 0 bridgehead atoms. The first-order valence-corrected chi connectivity index (χ1v) is 29.8. The van der Waals surface area contributed by atoms with E-state index in [0.29, 0.717) is 12.8 Å². The van der Waals surface area contributed by atoms with Crippen LogP contribution >= 0.6 is 0 Å². The van der Waals surface area contributed by atoms with Gasteiger partial charge in [0.2, 0.25) is 0 Å². The van der Waals surface area contributed by atoms with Crippen molar-refractivity contribution in [1.29, 1.82) is 0 Å². The molecule has 0 aromatic rings. The number of allylic oxidation sites excluding steroid dienone is 24. The first-order valence-electron chi connectivity index (χ1n) is 29.8. The Morgan fingerprint density at radius 3 is 0.838 bits per heavy atom. The second kappa shape index (κ2) is 60.8. The van der Waals surface area contributed by atoms with E-state index >= 15 is 0 Å². The Hall–Kier alpha value is -4.71. The van der Waals surface area contributed by atoms with E-state index in [2.05, 4.69) is 167 Å². The van der Waals surface area contributed by atoms with Crippen LogP contribution in [0.5, 0.6) is 0 Å². The topological polar surface area (TPSA) is 78.9 Å². The molecule has 0 amide bonds. The molecule has 6 heteroatoms. The van der Waals surface area contributed by atoms with E-state index in [9.17, 15) is 14.4 Å². The van der Waals surface area contributed by atoms with Gasteiger partial charge in [0, 0.05) is 19.3 Å². The van der Waals surface area contributed by atoms with Gasteiger partial charge in [0.1, 0.15) is 13.2 Å². The zero-order chi connectivity index (χ0) is 53.6. The summed E-state index contributed by atoms with van der Waals surface area (Å²) in [6.07, 6.45) is 87.0. The minimum absolute atomic E-state index is 0.104. The summed E-state index contributed by atoms with van der Waals surface area (Å²) in [5.74, 6) is -0.962. The predicted octanol–water partition coefficient (Wildman–Crippen LogP) is 20.4. The standard InChI is InChI=1S/C68H108O6/c1-4-7-10-13-16-19-22-25-27-29-30-31-32-33-34-35-36-37-38-40-41-43-46-49-52-55-58-61-67(70)73-64-65(63-72-66(69)60-57-54-51-48-45-24-21-18-15-12-9-6-3)74-68(71)62-59-56-53-50-47-44-42-39-28-26-23-20-17-14-11-8-5-2/h7-8,10-11,16-21,25-28,30-31,33-34,36-37,40-42,44,65H,4-6,9,12-15,22-24,29,32,35,38-39,43,45-64H2,1-3H3/b10-7-,11-8-,19-16-,20-17-,21-18-,27-25-,28-26-,31-30-,34-33-,37-36-,41-40-,44-42-. The van der Waals surface area contributed by atoms with Crippen molar-refractivity contribution >= 4 is 17.9 Å². The molecule has 1 atom stereocenters. The van der Waals surface area contributed by atoms with Crippen molar-refractivity contribution in [2.24, 2.45) is 0 Å². The number of carbonyl (C=O) groups excluding carboxylic acids is 3. The number of hydrogen-bond acceptors (Lipinski definition) is 6. The summed E-state index contributed by atoms with van der Waals surface area (Å²) in [5.41, 5.74) is 0. The highest BCUT2D eigenvalue weighted by atomic mass is 16.6. The van der Waals surface area contributed by atoms with Gasteiger partial charge in [-0.15, -0.1) is 0 Å². The van der Waals surface area contributed by atoms with Gasteiger partial charge in [0.25, 0.3) is 0 Å². The fraction of sp³-hybridized carbons (Fsp3) is 0.603. The second-order valence-electron chi connectivity index (χ2n) is 19.1. The molecule has 0 radical (unpaired) electrons. The predicted molar refractivity (Wildman–Crippen MR) is 320 cm³/mol. The number of hydrogen-bond donors (Lipinski definition) is 0. The highest BCUT2D eigenvalue weighted by Gasteiger charge is 2.19. The van der Waals surface area contributed by atoms with Gasteiger partial charge in [-0.25, -0.2) is 0 Å². The van der Waals surface area contributed by atoms with Gasteiger partial charge in [-0.3, -0.25) is 14.4 Å². The van der Waals surface area contributed by atoms with Crippen LogP contribution in [0.3, 0.4) is 0 Å². The molecule has 0 rings (SSSR count). The van der Waals surface area contributed by atoms with E-state index in [1.807, 2.05) is 0 Å². The molecule has 74 heavy (non-hydrogen) atoms. The first kappa shape index (κ1) is 69.3. The van der Waals surface area contributed by atoms with Crippen molar-refractivity contribution in [3.8, 4) is 0 Å². The monoisotopic (exact) mass is 1020 g/mol. The van der Waals surface area contributed by atoms with Crippen molar-refractivity contribution < 1.29 is 28.6 Å². The Labute approximate surface area is 455 Å². The van der Waals surface area contributed by atoms with Crippen molar-refractivity contribution in [3.05, 3.63) is 146 Å². The van der Waals surface area contributed by atoms with E-state index in [1.165, 1.54) is 32.1 Å². The van der Waals surface area contributed by atoms with Gasteiger partial charge in [0.15, 0.2) is 6.10 Å². The highest BCUT2D eigenvalue weighted by molar-refractivity contribution is 5.71. The van der Waals surface area contributed by atoms with Gasteiger partial charge < -0.3 is 14.2 Å². The molecule has 0 aromatic carbocycles. The molecule has 0 aliphatic rings. The quantitative estimate of drug-likeness (QED) is 0.0261. The van der Waals surface area contributed by atoms with Crippen LogP contribution in [0.1, 0.15) is 245 Å². The maximum absolute atomic E-state index is 12.9. The lowest BCUT2D eigenvalue weighted by molar-refractivity contribution is -0.167. The third-order valence-corrected chi connectivity index (χ3v) is 12.1. The van der Waals surface area contributed by atoms with Crippen molar-refractivity contribution in [1.82, 2.24) is 0 Å². The molecule has 0 heterocycles. The molecule has 0 aromatic heterocycles. The van der Waals surface area contributed by atoms with Gasteiger partial charge in [-0.1, -0.05) is 231 Å². The van der Waals surface area contributed by atoms with Gasteiger partial charge >= 0.3 is 17.9 Å². The molecule has 0 saturated heterocycles. The average Bonchev–Trinajstić information content (AvgIpc) is 3.40. The third kappa shape index (κ3) is 58.2. The van der Waals surface area contributed by atoms with Crippen LogP contribution in [-0.2, 0) is 28.6 Å². The second-order valence-corrected chi connectivity index (χ2v) is 19.1. The number of esters is 3. The molecule has 0 aliphatic heterocycles. The summed E-state index contributed by atoms with van der Waals surface area (Å²) in [5, 5.41) is 0. The summed E-state index contributed by atoms with van der Waals surface area (Å²) < 4.78 is 16.8. The van der Waals surface area contributed by atoms with Crippen LogP contribution in [0.2, 0.25) is 0 Å². The van der Waals surface area contributed by atoms with E-state index in [4.69, 9.17) is 14.2 Å². The van der Waals surface area contributed by atoms with Crippen LogP contribution in [0.25, 0.3) is 0 Å². The Balaban J connectivity index is 4.42. The Morgan fingerprint density at radius 1 is 0.284 bits per heavy atom. The summed E-state index contributed by atoms with van der Waals surface area (Å²) in [7, 11) is 0. The van der Waals surface area contributed by atoms with Crippen LogP contribution in [0, 0.1) is 0 Å². The normalized spacial score (nSPS) is 13.2. The smallest absolute Gasteiger partial charge is 0.306 e. The lowest BCUT2D eigenvalue weighted by atomic mass is 10.1. The highest BCUT2D eigenvalue weighted by Crippen LogP contribution is 2.13. The van der Waals surface area contributed by atoms with E-state index < -0.39 is 6.10 Å². The molecule has 416 valence electrons. The van der Waals surface area contributed by atoms with E-state index in [1.54, 1.807) is 0 Å². The fourth-order valence-electron chi connectivity index (χ4n) is 7.64. The summed E-state index contributed by atoms with van der Waals surface area (Å²) in [4.78, 5) is 38.2. The lowest BCUT2D eigenvalue weighted by Crippen LogP contribution is -2.30. The Bertz CT molecular complexity index is 1640. The lowest BCUT2D eigenvalue weighted by Gasteiger charge is -2.18. The summed E-state index contributed by atoms with van der Waals surface area (Å²) in [6.45, 7) is 6.33. The Morgan fingerprint density at radius 2 is 0.527 bits per heavy atom. The number of ether oxygens (including phenoxy) is 3. The molecule has 0 fully saturated rings. The molecule has 0 aliphatic carbocycles. The molecule has 6 nitrogen and oxygen atoms in total. The maximum Gasteiger partial charge on any atom is 0.306 e. The zero-order valence-electron chi connectivity index (χ0n) is 47.5. The van der Waals surface area contributed by atoms with Crippen molar-refractivity contribution in [3.63, 3.8) is 0 Å². The van der Waals surface area contributed by atoms with Crippen molar-refractivity contribution in [2.75, 3.05) is 13.2 Å². The van der Waals surface area contributed by atoms with Gasteiger partial charge in [-0.05, 0) is 141 Å². The van der Waals surface area contributed by atoms with Crippen molar-refractivity contribution in [2.45, 2.75) is 252 Å². The SMILES string of the molecule is CC/C=C\C/C=C\C/C=C\C/C=C\C/C=C\C/C=C\C/C=C\CCCCCCCC(=O)OCC(COC(=O)CCCCCCC/C=C\CCCCC)OC(=O)CCCCCC/C=C\C/C=C\C/C=C\C/C=C\CC. The first-order chi connectivity index (χ1) is 36.5. The number of carbonyl (C=O) groups is 3. The summed E-state index contributed by atoms with van der Waals surface area (Å²) in [6, 6.07) is 0. The molecule has 0 spiro atoms.